The van der Waals surface area contributed by atoms with Gasteiger partial charge in [-0.25, -0.2) is 9.37 Å². The largest absolute Gasteiger partial charge is 0.359 e. The van der Waals surface area contributed by atoms with Crippen LogP contribution in [0.3, 0.4) is 0 Å². The Balaban J connectivity index is 1.83. The number of rotatable bonds is 4. The van der Waals surface area contributed by atoms with Crippen molar-refractivity contribution in [2.45, 2.75) is 18.0 Å². The summed E-state index contributed by atoms with van der Waals surface area (Å²) in [6.07, 6.45) is 4.73. The maximum atomic E-state index is 13.3. The van der Waals surface area contributed by atoms with E-state index >= 15 is 0 Å². The lowest BCUT2D eigenvalue weighted by Crippen LogP contribution is -2.42. The van der Waals surface area contributed by atoms with Crippen molar-refractivity contribution in [2.75, 3.05) is 26.4 Å². The number of piperidine rings is 1. The third-order valence-corrected chi connectivity index (χ3v) is 5.27. The fourth-order valence-corrected chi connectivity index (χ4v) is 3.72. The molecule has 0 bridgehead atoms. The molecule has 1 saturated heterocycles. The van der Waals surface area contributed by atoms with Crippen molar-refractivity contribution in [1.29, 1.82) is 0 Å². The van der Waals surface area contributed by atoms with E-state index in [-0.39, 0.29) is 23.5 Å². The van der Waals surface area contributed by atoms with E-state index in [0.29, 0.717) is 42.5 Å². The van der Waals surface area contributed by atoms with Crippen LogP contribution in [0.1, 0.15) is 23.3 Å². The van der Waals surface area contributed by atoms with E-state index in [4.69, 9.17) is 0 Å². The highest BCUT2D eigenvalue weighted by atomic mass is 32.2. The number of benzene rings is 1. The molecule has 1 N–H and O–H groups in total. The normalized spacial score (nSPS) is 15.1. The molecule has 1 aromatic heterocycles. The zero-order chi connectivity index (χ0) is 18.7. The highest BCUT2D eigenvalue weighted by Gasteiger charge is 2.29. The fraction of sp³-hybridized carbons (Fsp3) is 0.389. The van der Waals surface area contributed by atoms with Gasteiger partial charge in [0.1, 0.15) is 11.5 Å². The third kappa shape index (κ3) is 3.60. The molecule has 6 nitrogen and oxygen atoms in total. The molecule has 8 heteroatoms. The van der Waals surface area contributed by atoms with Gasteiger partial charge in [0.15, 0.2) is 5.16 Å². The summed E-state index contributed by atoms with van der Waals surface area (Å²) in [6, 6.07) is 5.99. The van der Waals surface area contributed by atoms with Crippen LogP contribution in [0.4, 0.5) is 4.39 Å². The molecular formula is C18H21FN4O2S. The number of hydrogen-bond donors (Lipinski definition) is 1. The molecule has 0 atom stereocenters. The molecule has 2 heterocycles. The summed E-state index contributed by atoms with van der Waals surface area (Å²) < 4.78 is 15.0. The Kier molecular flexibility index (Phi) is 5.61. The second kappa shape index (κ2) is 7.90. The standard InChI is InChI=1S/C18H21FN4O2S/c1-20-16(24)12-7-9-22(10-8-12)17(25)15-11-21-18(26-2)23(15)14-5-3-13(19)4-6-14/h3-6,11-12H,7-10H2,1-2H3,(H,20,24). The first-order valence-electron chi connectivity index (χ1n) is 8.43. The molecule has 0 unspecified atom stereocenters. The second-order valence-electron chi connectivity index (χ2n) is 6.12. The minimum Gasteiger partial charge on any atom is -0.359 e. The minimum absolute atomic E-state index is 0.0260. The Morgan fingerprint density at radius 1 is 1.23 bits per heavy atom. The minimum atomic E-state index is -0.330. The predicted molar refractivity (Wildman–Crippen MR) is 98.0 cm³/mol. The summed E-state index contributed by atoms with van der Waals surface area (Å²) >= 11 is 1.42. The number of imidazole rings is 1. The van der Waals surface area contributed by atoms with E-state index in [0.717, 1.165) is 0 Å². The van der Waals surface area contributed by atoms with Crippen molar-refractivity contribution in [3.05, 3.63) is 42.0 Å². The van der Waals surface area contributed by atoms with Crippen molar-refractivity contribution in [3.63, 3.8) is 0 Å². The van der Waals surface area contributed by atoms with Crippen LogP contribution in [0.5, 0.6) is 0 Å². The van der Waals surface area contributed by atoms with Crippen molar-refractivity contribution < 1.29 is 14.0 Å². The highest BCUT2D eigenvalue weighted by molar-refractivity contribution is 7.98. The molecule has 0 saturated carbocycles. The smallest absolute Gasteiger partial charge is 0.272 e. The third-order valence-electron chi connectivity index (χ3n) is 4.62. The van der Waals surface area contributed by atoms with Gasteiger partial charge in [0.25, 0.3) is 5.91 Å². The number of aromatic nitrogens is 2. The summed E-state index contributed by atoms with van der Waals surface area (Å²) in [5.74, 6) is -0.480. The number of thioether (sulfide) groups is 1. The molecule has 2 amide bonds. The van der Waals surface area contributed by atoms with Crippen molar-refractivity contribution in [3.8, 4) is 5.69 Å². The Hall–Kier alpha value is -2.35. The first-order valence-corrected chi connectivity index (χ1v) is 9.66. The van der Waals surface area contributed by atoms with E-state index in [2.05, 4.69) is 10.3 Å². The van der Waals surface area contributed by atoms with Gasteiger partial charge in [-0.05, 0) is 43.4 Å². The maximum Gasteiger partial charge on any atom is 0.272 e. The van der Waals surface area contributed by atoms with Gasteiger partial charge in [-0.15, -0.1) is 0 Å². The Morgan fingerprint density at radius 3 is 2.46 bits per heavy atom. The number of halogens is 1. The Morgan fingerprint density at radius 2 is 1.88 bits per heavy atom. The molecule has 1 fully saturated rings. The number of amides is 2. The van der Waals surface area contributed by atoms with Gasteiger partial charge in [0, 0.05) is 31.7 Å². The van der Waals surface area contributed by atoms with Crippen LogP contribution < -0.4 is 5.32 Å². The summed E-state index contributed by atoms with van der Waals surface area (Å²) in [6.45, 7) is 1.06. The summed E-state index contributed by atoms with van der Waals surface area (Å²) in [5.41, 5.74) is 1.14. The lowest BCUT2D eigenvalue weighted by atomic mass is 9.96. The van der Waals surface area contributed by atoms with E-state index < -0.39 is 0 Å². The molecule has 0 aliphatic carbocycles. The fourth-order valence-electron chi connectivity index (χ4n) is 3.18. The molecule has 1 aromatic carbocycles. The lowest BCUT2D eigenvalue weighted by molar-refractivity contribution is -0.125. The molecule has 1 aliphatic rings. The average Bonchev–Trinajstić information content (AvgIpc) is 3.11. The maximum absolute atomic E-state index is 13.3. The summed E-state index contributed by atoms with van der Waals surface area (Å²) in [7, 11) is 1.63. The van der Waals surface area contributed by atoms with Gasteiger partial charge in [0.05, 0.1) is 6.20 Å². The van der Waals surface area contributed by atoms with Crippen molar-refractivity contribution in [1.82, 2.24) is 19.8 Å². The van der Waals surface area contributed by atoms with Crippen LogP contribution in [0.25, 0.3) is 5.69 Å². The first kappa shape index (κ1) is 18.4. The second-order valence-corrected chi connectivity index (χ2v) is 6.90. The lowest BCUT2D eigenvalue weighted by Gasteiger charge is -2.31. The molecule has 0 spiro atoms. The van der Waals surface area contributed by atoms with Crippen molar-refractivity contribution in [2.24, 2.45) is 5.92 Å². The molecule has 2 aromatic rings. The van der Waals surface area contributed by atoms with Gasteiger partial charge in [0.2, 0.25) is 5.91 Å². The predicted octanol–water partition coefficient (Wildman–Crippen LogP) is 2.33. The van der Waals surface area contributed by atoms with E-state index in [1.54, 1.807) is 34.8 Å². The topological polar surface area (TPSA) is 67.2 Å². The van der Waals surface area contributed by atoms with Gasteiger partial charge in [-0.3, -0.25) is 14.2 Å². The zero-order valence-electron chi connectivity index (χ0n) is 14.7. The van der Waals surface area contributed by atoms with Crippen LogP contribution >= 0.6 is 11.8 Å². The van der Waals surface area contributed by atoms with Crippen LogP contribution in [0.15, 0.2) is 35.6 Å². The Labute approximate surface area is 155 Å². The summed E-state index contributed by atoms with van der Waals surface area (Å²) in [4.78, 5) is 30.9. The molecule has 3 rings (SSSR count). The number of carbonyl (C=O) groups excluding carboxylic acids is 2. The van der Waals surface area contributed by atoms with E-state index in [1.807, 2.05) is 6.26 Å². The number of nitrogens with one attached hydrogen (secondary N) is 1. The Bertz CT molecular complexity index is 798. The van der Waals surface area contributed by atoms with Crippen LogP contribution in [0.2, 0.25) is 0 Å². The van der Waals surface area contributed by atoms with E-state index in [1.165, 1.54) is 23.9 Å². The molecular weight excluding hydrogens is 355 g/mol. The number of carbonyl (C=O) groups is 2. The molecule has 1 aliphatic heterocycles. The van der Waals surface area contributed by atoms with Crippen molar-refractivity contribution >= 4 is 23.6 Å². The monoisotopic (exact) mass is 376 g/mol. The van der Waals surface area contributed by atoms with E-state index in [9.17, 15) is 14.0 Å². The summed E-state index contributed by atoms with van der Waals surface area (Å²) in [5, 5.41) is 3.33. The molecule has 26 heavy (non-hydrogen) atoms. The van der Waals surface area contributed by atoms with Gasteiger partial charge >= 0.3 is 0 Å². The zero-order valence-corrected chi connectivity index (χ0v) is 15.6. The van der Waals surface area contributed by atoms with Gasteiger partial charge in [-0.2, -0.15) is 0 Å². The van der Waals surface area contributed by atoms with Crippen LogP contribution in [-0.4, -0.2) is 52.7 Å². The number of likely N-dealkylation sites (tertiary alicyclic amines) is 1. The van der Waals surface area contributed by atoms with Crippen LogP contribution in [0, 0.1) is 11.7 Å². The molecule has 138 valence electrons. The van der Waals surface area contributed by atoms with Gasteiger partial charge in [-0.1, -0.05) is 11.8 Å². The SMILES string of the molecule is CNC(=O)C1CCN(C(=O)c2cnc(SC)n2-c2ccc(F)cc2)CC1. The van der Waals surface area contributed by atoms with Crippen LogP contribution in [-0.2, 0) is 4.79 Å². The first-order chi connectivity index (χ1) is 12.5. The number of nitrogens with zero attached hydrogens (tertiary/aromatic N) is 3. The molecule has 0 radical (unpaired) electrons. The highest BCUT2D eigenvalue weighted by Crippen LogP contribution is 2.25. The number of hydrogen-bond acceptors (Lipinski definition) is 4. The average molecular weight is 376 g/mol. The quantitative estimate of drug-likeness (QED) is 0.832. The van der Waals surface area contributed by atoms with Gasteiger partial charge < -0.3 is 10.2 Å².